The maximum absolute atomic E-state index is 9.96. The zero-order valence-electron chi connectivity index (χ0n) is 16.7. The molecule has 7 heteroatoms. The Morgan fingerprint density at radius 2 is 2.07 bits per heavy atom. The third kappa shape index (κ3) is 3.33. The monoisotopic (exact) mass is 383 g/mol. The van der Waals surface area contributed by atoms with Gasteiger partial charge in [-0.05, 0) is 44.1 Å². The van der Waals surface area contributed by atoms with Crippen LogP contribution < -0.4 is 15.4 Å². The van der Waals surface area contributed by atoms with Crippen LogP contribution in [0.2, 0.25) is 0 Å². The van der Waals surface area contributed by atoms with Crippen molar-refractivity contribution in [3.8, 4) is 17.1 Å². The van der Waals surface area contributed by atoms with E-state index < -0.39 is 0 Å². The molecule has 7 nitrogen and oxygen atoms in total. The summed E-state index contributed by atoms with van der Waals surface area (Å²) in [5, 5.41) is 9.96. The molecular formula is C21H29N5O2. The summed E-state index contributed by atoms with van der Waals surface area (Å²) in [7, 11) is 1.62. The van der Waals surface area contributed by atoms with Crippen molar-refractivity contribution in [3.05, 3.63) is 29.7 Å². The normalized spacial score (nSPS) is 21.3. The number of hydrogen-bond donors (Lipinski definition) is 2. The molecule has 1 atom stereocenters. The Labute approximate surface area is 166 Å². The lowest BCUT2D eigenvalue weighted by Crippen LogP contribution is -2.47. The second-order valence-corrected chi connectivity index (χ2v) is 8.02. The van der Waals surface area contributed by atoms with Crippen LogP contribution in [-0.4, -0.2) is 46.3 Å². The number of nitrogens with two attached hydrogens (primary N) is 1. The summed E-state index contributed by atoms with van der Waals surface area (Å²) in [5.41, 5.74) is 9.47. The average Bonchev–Trinajstić information content (AvgIpc) is 3.08. The molecule has 2 fully saturated rings. The molecule has 1 saturated carbocycles. The Balaban J connectivity index is 1.61. The van der Waals surface area contributed by atoms with Crippen LogP contribution >= 0.6 is 0 Å². The van der Waals surface area contributed by atoms with Gasteiger partial charge in [-0.3, -0.25) is 4.98 Å². The van der Waals surface area contributed by atoms with Crippen molar-refractivity contribution >= 4 is 5.82 Å². The number of aryl methyl sites for hydroxylation is 1. The van der Waals surface area contributed by atoms with Crippen molar-refractivity contribution in [3.63, 3.8) is 0 Å². The third-order valence-corrected chi connectivity index (χ3v) is 6.52. The largest absolute Gasteiger partial charge is 0.497 e. The van der Waals surface area contributed by atoms with Crippen LogP contribution in [0.4, 0.5) is 5.82 Å². The van der Waals surface area contributed by atoms with Crippen LogP contribution in [0.15, 0.2) is 18.3 Å². The molecule has 4 rings (SSSR count). The molecule has 28 heavy (non-hydrogen) atoms. The van der Waals surface area contributed by atoms with Crippen LogP contribution in [0.1, 0.15) is 43.5 Å². The average molecular weight is 383 g/mol. The first-order valence-electron chi connectivity index (χ1n) is 10.1. The Bertz CT molecular complexity index is 849. The van der Waals surface area contributed by atoms with Crippen molar-refractivity contribution in [2.45, 2.75) is 51.7 Å². The maximum atomic E-state index is 9.96. The summed E-state index contributed by atoms with van der Waals surface area (Å²) >= 11 is 0. The van der Waals surface area contributed by atoms with Gasteiger partial charge in [0.05, 0.1) is 25.1 Å². The molecule has 2 aromatic heterocycles. The highest BCUT2D eigenvalue weighted by Gasteiger charge is 2.43. The summed E-state index contributed by atoms with van der Waals surface area (Å²) in [4.78, 5) is 16.2. The Morgan fingerprint density at radius 3 is 2.71 bits per heavy atom. The number of methoxy groups -OCH3 is 1. The molecule has 2 aliphatic rings. The van der Waals surface area contributed by atoms with Gasteiger partial charge in [0, 0.05) is 31.4 Å². The number of hydrogen-bond acceptors (Lipinski definition) is 7. The van der Waals surface area contributed by atoms with E-state index in [9.17, 15) is 5.11 Å². The lowest BCUT2D eigenvalue weighted by atomic mass is 9.74. The minimum atomic E-state index is -0.152. The molecule has 1 saturated heterocycles. The van der Waals surface area contributed by atoms with Crippen LogP contribution in [0.25, 0.3) is 11.4 Å². The van der Waals surface area contributed by atoms with Gasteiger partial charge in [0.1, 0.15) is 17.1 Å². The predicted molar refractivity (Wildman–Crippen MR) is 108 cm³/mol. The van der Waals surface area contributed by atoms with Crippen LogP contribution in [0.5, 0.6) is 5.75 Å². The molecule has 2 aromatic rings. The zero-order chi connectivity index (χ0) is 19.7. The van der Waals surface area contributed by atoms with E-state index >= 15 is 0 Å². The smallest absolute Gasteiger partial charge is 0.153 e. The highest BCUT2D eigenvalue weighted by Crippen LogP contribution is 2.46. The quantitative estimate of drug-likeness (QED) is 0.837. The summed E-state index contributed by atoms with van der Waals surface area (Å²) in [6.45, 7) is 3.60. The van der Waals surface area contributed by atoms with E-state index in [1.54, 1.807) is 19.4 Å². The highest BCUT2D eigenvalue weighted by molar-refractivity contribution is 5.61. The second kappa shape index (κ2) is 7.64. The first kappa shape index (κ1) is 19.1. The SMILES string of the molecule is COc1ccnc(-c2nc(CO)c(N3CCC4(CCC[C@H]4N)CC3)nc2C)c1. The zero-order valence-corrected chi connectivity index (χ0v) is 16.7. The molecule has 1 spiro atoms. The first-order valence-corrected chi connectivity index (χ1v) is 10.1. The van der Waals surface area contributed by atoms with Crippen molar-refractivity contribution < 1.29 is 9.84 Å². The van der Waals surface area contributed by atoms with Crippen LogP contribution in [0.3, 0.4) is 0 Å². The fourth-order valence-electron chi connectivity index (χ4n) is 4.76. The number of aliphatic hydroxyl groups is 1. The molecule has 1 aliphatic heterocycles. The molecule has 0 unspecified atom stereocenters. The molecular weight excluding hydrogens is 354 g/mol. The van der Waals surface area contributed by atoms with Gasteiger partial charge in [-0.25, -0.2) is 9.97 Å². The summed E-state index contributed by atoms with van der Waals surface area (Å²) in [5.74, 6) is 1.50. The molecule has 0 radical (unpaired) electrons. The first-order chi connectivity index (χ1) is 13.6. The molecule has 1 aliphatic carbocycles. The van der Waals surface area contributed by atoms with E-state index in [2.05, 4.69) is 9.88 Å². The van der Waals surface area contributed by atoms with Crippen molar-refractivity contribution in [1.82, 2.24) is 15.0 Å². The minimum absolute atomic E-state index is 0.152. The minimum Gasteiger partial charge on any atom is -0.497 e. The van der Waals surface area contributed by atoms with Gasteiger partial charge in [0.15, 0.2) is 5.82 Å². The lowest BCUT2D eigenvalue weighted by Gasteiger charge is -2.42. The predicted octanol–water partition coefficient (Wildman–Crippen LogP) is 2.45. The topological polar surface area (TPSA) is 97.4 Å². The number of nitrogens with zero attached hydrogens (tertiary/aromatic N) is 4. The van der Waals surface area contributed by atoms with Gasteiger partial charge in [-0.15, -0.1) is 0 Å². The summed E-state index contributed by atoms with van der Waals surface area (Å²) < 4.78 is 5.29. The van der Waals surface area contributed by atoms with Crippen molar-refractivity contribution in [1.29, 1.82) is 0 Å². The van der Waals surface area contributed by atoms with Gasteiger partial charge in [0.25, 0.3) is 0 Å². The number of aromatic nitrogens is 3. The lowest BCUT2D eigenvalue weighted by molar-refractivity contribution is 0.196. The molecule has 0 aromatic carbocycles. The van der Waals surface area contributed by atoms with Gasteiger partial charge >= 0.3 is 0 Å². The Hall–Kier alpha value is -2.25. The number of aliphatic hydroxyl groups excluding tert-OH is 1. The van der Waals surface area contributed by atoms with E-state index in [1.165, 1.54) is 12.8 Å². The van der Waals surface area contributed by atoms with Gasteiger partial charge in [-0.2, -0.15) is 0 Å². The molecule has 3 N–H and O–H groups in total. The van der Waals surface area contributed by atoms with Crippen molar-refractivity contribution in [2.75, 3.05) is 25.1 Å². The molecule has 0 bridgehead atoms. The molecule has 150 valence electrons. The summed E-state index contributed by atoms with van der Waals surface area (Å²) in [6, 6.07) is 3.95. The summed E-state index contributed by atoms with van der Waals surface area (Å²) in [6.07, 6.45) is 7.47. The molecule has 3 heterocycles. The van der Waals surface area contributed by atoms with Crippen LogP contribution in [-0.2, 0) is 6.61 Å². The van der Waals surface area contributed by atoms with Gasteiger partial charge in [-0.1, -0.05) is 6.42 Å². The van der Waals surface area contributed by atoms with Crippen molar-refractivity contribution in [2.24, 2.45) is 11.1 Å². The number of anilines is 1. The fraction of sp³-hybridized carbons (Fsp3) is 0.571. The van der Waals surface area contributed by atoms with E-state index in [-0.39, 0.29) is 6.61 Å². The van der Waals surface area contributed by atoms with E-state index in [0.717, 1.165) is 49.6 Å². The number of rotatable bonds is 4. The van der Waals surface area contributed by atoms with Gasteiger partial charge in [0.2, 0.25) is 0 Å². The number of ether oxygens (including phenoxy) is 1. The Morgan fingerprint density at radius 1 is 1.29 bits per heavy atom. The fourth-order valence-corrected chi connectivity index (χ4v) is 4.76. The number of piperidine rings is 1. The Kier molecular flexibility index (Phi) is 5.21. The maximum Gasteiger partial charge on any atom is 0.153 e. The van der Waals surface area contributed by atoms with Crippen LogP contribution in [0, 0.1) is 12.3 Å². The van der Waals surface area contributed by atoms with E-state index in [4.69, 9.17) is 20.4 Å². The highest BCUT2D eigenvalue weighted by atomic mass is 16.5. The van der Waals surface area contributed by atoms with E-state index in [0.29, 0.717) is 28.5 Å². The van der Waals surface area contributed by atoms with E-state index in [1.807, 2.05) is 13.0 Å². The molecule has 0 amide bonds. The number of pyridine rings is 1. The third-order valence-electron chi connectivity index (χ3n) is 6.52. The standard InChI is InChI=1S/C21H29N5O2/c1-14-19(16-12-15(28-2)5-9-23-16)25-17(13-27)20(24-14)26-10-7-21(8-11-26)6-3-4-18(21)22/h5,9,12,18,27H,3-4,6-8,10-11,13,22H2,1-2H3/t18-/m1/s1. The second-order valence-electron chi connectivity index (χ2n) is 8.02. The van der Waals surface area contributed by atoms with Gasteiger partial charge < -0.3 is 20.5 Å².